The van der Waals surface area contributed by atoms with Gasteiger partial charge in [0.15, 0.2) is 0 Å². The van der Waals surface area contributed by atoms with Crippen molar-refractivity contribution in [1.82, 2.24) is 15.3 Å². The van der Waals surface area contributed by atoms with Crippen LogP contribution in [0.3, 0.4) is 0 Å². The van der Waals surface area contributed by atoms with Gasteiger partial charge in [-0.15, -0.1) is 0 Å². The highest BCUT2D eigenvalue weighted by atomic mass is 16.5. The maximum absolute atomic E-state index is 12.7. The summed E-state index contributed by atoms with van der Waals surface area (Å²) in [4.78, 5) is 23.7. The number of nitrogens with one attached hydrogen (secondary N) is 1. The monoisotopic (exact) mass is 376 g/mol. The number of anilines is 2. The van der Waals surface area contributed by atoms with Crippen LogP contribution >= 0.6 is 0 Å². The average molecular weight is 376 g/mol. The van der Waals surface area contributed by atoms with E-state index < -0.39 is 0 Å². The minimum Gasteiger partial charge on any atom is -0.496 e. The fourth-order valence-corrected chi connectivity index (χ4v) is 2.95. The summed E-state index contributed by atoms with van der Waals surface area (Å²) in [5.41, 5.74) is 2.97. The van der Waals surface area contributed by atoms with Crippen molar-refractivity contribution in [2.45, 2.75) is 20.4 Å². The Morgan fingerprint density at radius 1 is 1.07 bits per heavy atom. The predicted octanol–water partition coefficient (Wildman–Crippen LogP) is 3.88. The highest BCUT2D eigenvalue weighted by Crippen LogP contribution is 2.22. The van der Waals surface area contributed by atoms with E-state index in [1.807, 2.05) is 73.3 Å². The van der Waals surface area contributed by atoms with Crippen molar-refractivity contribution >= 4 is 17.5 Å². The van der Waals surface area contributed by atoms with Gasteiger partial charge in [-0.3, -0.25) is 4.79 Å². The number of hydrogen-bond donors (Lipinski definition) is 1. The Labute approximate surface area is 165 Å². The van der Waals surface area contributed by atoms with Gasteiger partial charge < -0.3 is 15.0 Å². The number of hydrogen-bond acceptors (Lipinski definition) is 5. The van der Waals surface area contributed by atoms with E-state index in [4.69, 9.17) is 4.74 Å². The molecule has 0 bridgehead atoms. The molecule has 6 nitrogen and oxygen atoms in total. The molecule has 0 spiro atoms. The summed E-state index contributed by atoms with van der Waals surface area (Å²) in [6.07, 6.45) is 0. The number of nitrogens with zero attached hydrogens (tertiary/aromatic N) is 3. The van der Waals surface area contributed by atoms with E-state index in [0.29, 0.717) is 24.7 Å². The Kier molecular flexibility index (Phi) is 6.22. The molecular formula is C22H24N4O2. The summed E-state index contributed by atoms with van der Waals surface area (Å²) >= 11 is 0. The molecule has 1 N–H and O–H groups in total. The number of benzene rings is 2. The quantitative estimate of drug-likeness (QED) is 0.678. The first-order valence-corrected chi connectivity index (χ1v) is 9.20. The molecule has 6 heteroatoms. The molecule has 0 fully saturated rings. The molecule has 0 unspecified atom stereocenters. The molecule has 0 aliphatic carbocycles. The summed E-state index contributed by atoms with van der Waals surface area (Å²) in [6, 6.07) is 19.2. The van der Waals surface area contributed by atoms with E-state index in [1.54, 1.807) is 13.2 Å². The molecule has 144 valence electrons. The molecule has 3 aromatic rings. The summed E-state index contributed by atoms with van der Waals surface area (Å²) in [6.45, 7) is 4.94. The van der Waals surface area contributed by atoms with E-state index in [1.165, 1.54) is 0 Å². The molecule has 0 radical (unpaired) electrons. The highest BCUT2D eigenvalue weighted by Gasteiger charge is 2.16. The zero-order valence-electron chi connectivity index (χ0n) is 16.3. The Balaban J connectivity index is 1.81. The Morgan fingerprint density at radius 2 is 1.79 bits per heavy atom. The molecule has 28 heavy (non-hydrogen) atoms. The zero-order chi connectivity index (χ0) is 19.9. The molecule has 3 rings (SSSR count). The smallest absolute Gasteiger partial charge is 0.270 e. The lowest BCUT2D eigenvalue weighted by Gasteiger charge is -2.21. The van der Waals surface area contributed by atoms with E-state index in [2.05, 4.69) is 15.3 Å². The van der Waals surface area contributed by atoms with Crippen LogP contribution in [-0.4, -0.2) is 29.5 Å². The normalized spacial score (nSPS) is 10.4. The van der Waals surface area contributed by atoms with E-state index in [9.17, 15) is 4.79 Å². The molecule has 0 aliphatic heterocycles. The van der Waals surface area contributed by atoms with Crippen molar-refractivity contribution in [1.29, 1.82) is 0 Å². The molecule has 2 aromatic carbocycles. The van der Waals surface area contributed by atoms with Gasteiger partial charge in [-0.05, 0) is 38.1 Å². The number of aromatic nitrogens is 2. The largest absolute Gasteiger partial charge is 0.496 e. The number of carbonyl (C=O) groups excluding carboxylic acids is 1. The number of carbonyl (C=O) groups is 1. The first-order valence-electron chi connectivity index (χ1n) is 9.20. The SMILES string of the molecule is CCN(c1ccccc1)c1nc(C)cc(C(=O)NCc2ccccc2OC)n1. The second-order valence-electron chi connectivity index (χ2n) is 6.27. The molecular weight excluding hydrogens is 352 g/mol. The van der Waals surface area contributed by atoms with E-state index in [-0.39, 0.29) is 5.91 Å². The standard InChI is InChI=1S/C22H24N4O2/c1-4-26(18-11-6-5-7-12-18)22-24-16(2)14-19(25-22)21(27)23-15-17-10-8-9-13-20(17)28-3/h5-14H,4,15H2,1-3H3,(H,23,27). The van der Waals surface area contributed by atoms with Gasteiger partial charge in [0.05, 0.1) is 7.11 Å². The topological polar surface area (TPSA) is 67.4 Å². The van der Waals surface area contributed by atoms with Crippen LogP contribution in [0.4, 0.5) is 11.6 Å². The van der Waals surface area contributed by atoms with E-state index in [0.717, 1.165) is 22.7 Å². The maximum atomic E-state index is 12.7. The minimum absolute atomic E-state index is 0.248. The molecule has 1 amide bonds. The van der Waals surface area contributed by atoms with Crippen LogP contribution in [-0.2, 0) is 6.54 Å². The van der Waals surface area contributed by atoms with Crippen LogP contribution in [0.2, 0.25) is 0 Å². The number of rotatable bonds is 7. The number of methoxy groups -OCH3 is 1. The zero-order valence-corrected chi connectivity index (χ0v) is 16.3. The minimum atomic E-state index is -0.248. The average Bonchev–Trinajstić information content (AvgIpc) is 2.73. The molecule has 1 heterocycles. The maximum Gasteiger partial charge on any atom is 0.270 e. The molecule has 0 saturated carbocycles. The first-order chi connectivity index (χ1) is 13.6. The number of aryl methyl sites for hydroxylation is 1. The first kappa shape index (κ1) is 19.4. The number of amides is 1. The second kappa shape index (κ2) is 8.99. The van der Waals surface area contributed by atoms with Crippen molar-refractivity contribution < 1.29 is 9.53 Å². The van der Waals surface area contributed by atoms with Gasteiger partial charge in [0, 0.05) is 30.0 Å². The molecule has 0 aliphatic rings. The third kappa shape index (κ3) is 4.46. The second-order valence-corrected chi connectivity index (χ2v) is 6.27. The van der Waals surface area contributed by atoms with Crippen molar-refractivity contribution in [2.24, 2.45) is 0 Å². The van der Waals surface area contributed by atoms with Gasteiger partial charge in [-0.1, -0.05) is 36.4 Å². The van der Waals surface area contributed by atoms with Crippen LogP contribution in [0.15, 0.2) is 60.7 Å². The number of ether oxygens (including phenoxy) is 1. The summed E-state index contributed by atoms with van der Waals surface area (Å²) in [5.74, 6) is 1.00. The van der Waals surface area contributed by atoms with Crippen LogP contribution in [0.1, 0.15) is 28.7 Å². The van der Waals surface area contributed by atoms with Crippen LogP contribution < -0.4 is 15.0 Å². The predicted molar refractivity (Wildman–Crippen MR) is 110 cm³/mol. The third-order valence-corrected chi connectivity index (χ3v) is 4.33. The summed E-state index contributed by atoms with van der Waals surface area (Å²) < 4.78 is 5.33. The van der Waals surface area contributed by atoms with Gasteiger partial charge in [-0.25, -0.2) is 9.97 Å². The summed E-state index contributed by atoms with van der Waals surface area (Å²) in [5, 5.41) is 2.91. The van der Waals surface area contributed by atoms with Crippen LogP contribution in [0.5, 0.6) is 5.75 Å². The van der Waals surface area contributed by atoms with Gasteiger partial charge in [0.1, 0.15) is 11.4 Å². The van der Waals surface area contributed by atoms with E-state index >= 15 is 0 Å². The third-order valence-electron chi connectivity index (χ3n) is 4.33. The Morgan fingerprint density at radius 3 is 2.50 bits per heavy atom. The molecule has 1 aromatic heterocycles. The lowest BCUT2D eigenvalue weighted by atomic mass is 10.2. The van der Waals surface area contributed by atoms with Crippen molar-refractivity contribution in [3.8, 4) is 5.75 Å². The van der Waals surface area contributed by atoms with Crippen molar-refractivity contribution in [3.63, 3.8) is 0 Å². The number of para-hydroxylation sites is 2. The fourth-order valence-electron chi connectivity index (χ4n) is 2.95. The molecule has 0 atom stereocenters. The van der Waals surface area contributed by atoms with Crippen LogP contribution in [0.25, 0.3) is 0 Å². The fraction of sp³-hybridized carbons (Fsp3) is 0.227. The summed E-state index contributed by atoms with van der Waals surface area (Å²) in [7, 11) is 1.61. The van der Waals surface area contributed by atoms with Crippen molar-refractivity contribution in [3.05, 3.63) is 77.6 Å². The van der Waals surface area contributed by atoms with Gasteiger partial charge in [-0.2, -0.15) is 0 Å². The lowest BCUT2D eigenvalue weighted by Crippen LogP contribution is -2.26. The Hall–Kier alpha value is -3.41. The van der Waals surface area contributed by atoms with Gasteiger partial charge in [0.25, 0.3) is 5.91 Å². The van der Waals surface area contributed by atoms with Gasteiger partial charge in [0.2, 0.25) is 5.95 Å². The van der Waals surface area contributed by atoms with Crippen LogP contribution in [0, 0.1) is 6.92 Å². The van der Waals surface area contributed by atoms with Gasteiger partial charge >= 0.3 is 0 Å². The van der Waals surface area contributed by atoms with Crippen molar-refractivity contribution in [2.75, 3.05) is 18.6 Å². The molecule has 0 saturated heterocycles. The lowest BCUT2D eigenvalue weighted by molar-refractivity contribution is 0.0945. The highest BCUT2D eigenvalue weighted by molar-refractivity contribution is 5.92. The Bertz CT molecular complexity index is 944.